The lowest BCUT2D eigenvalue weighted by Gasteiger charge is -2.28. The van der Waals surface area contributed by atoms with Crippen molar-refractivity contribution in [1.82, 2.24) is 10.6 Å². The summed E-state index contributed by atoms with van der Waals surface area (Å²) in [7, 11) is 0. The largest absolute Gasteiger partial charge is 0.348 e. The van der Waals surface area contributed by atoms with Gasteiger partial charge >= 0.3 is 0 Å². The Bertz CT molecular complexity index is 793. The molecule has 0 heterocycles. The van der Waals surface area contributed by atoms with Crippen LogP contribution >= 0.6 is 0 Å². The number of benzene rings is 2. The fraction of sp³-hybridized carbons (Fsp3) is 0.500. The topological polar surface area (TPSA) is 58.2 Å². The fourth-order valence-corrected chi connectivity index (χ4v) is 3.44. The van der Waals surface area contributed by atoms with Gasteiger partial charge in [0.15, 0.2) is 0 Å². The number of fused-ring (bicyclic) bond motifs is 1. The summed E-state index contributed by atoms with van der Waals surface area (Å²) >= 11 is 0. The van der Waals surface area contributed by atoms with Crippen LogP contribution in [0.4, 0.5) is 0 Å². The van der Waals surface area contributed by atoms with Gasteiger partial charge in [0.2, 0.25) is 11.8 Å². The summed E-state index contributed by atoms with van der Waals surface area (Å²) in [5.41, 5.74) is 0.129. The van der Waals surface area contributed by atoms with Crippen molar-refractivity contribution >= 4 is 22.6 Å². The molecule has 152 valence electrons. The maximum Gasteiger partial charge on any atom is 0.245 e. The Kier molecular flexibility index (Phi) is 8.04. The second kappa shape index (κ2) is 10.3. The van der Waals surface area contributed by atoms with Gasteiger partial charge in [-0.05, 0) is 43.5 Å². The van der Waals surface area contributed by atoms with Crippen LogP contribution in [-0.2, 0) is 9.59 Å². The average Bonchev–Trinajstić information content (AvgIpc) is 2.66. The van der Waals surface area contributed by atoms with Crippen LogP contribution in [0.3, 0.4) is 0 Å². The molecule has 0 bridgehead atoms. The number of hydrogen-bond donors (Lipinski definition) is 2. The molecule has 0 aliphatic carbocycles. The van der Waals surface area contributed by atoms with Crippen molar-refractivity contribution in [3.05, 3.63) is 48.0 Å². The van der Waals surface area contributed by atoms with E-state index in [1.807, 2.05) is 31.2 Å². The average molecular weight is 383 g/mol. The highest BCUT2D eigenvalue weighted by Crippen LogP contribution is 2.24. The standard InChI is InChI=1S/C24H34N2O2/c1-5-6-7-8-9-17-22(27)26-24(3,4)23(28)25-18(2)20-16-12-14-19-13-10-11-15-21(19)20/h10-16,18H,5-9,17H2,1-4H3,(H,25,28)(H,26,27)/t18-/m0/s1. The van der Waals surface area contributed by atoms with Gasteiger partial charge in [-0.2, -0.15) is 0 Å². The van der Waals surface area contributed by atoms with Crippen molar-refractivity contribution in [2.75, 3.05) is 0 Å². The molecule has 0 saturated carbocycles. The molecule has 4 heteroatoms. The van der Waals surface area contributed by atoms with E-state index in [1.165, 1.54) is 12.8 Å². The Balaban J connectivity index is 1.93. The summed E-state index contributed by atoms with van der Waals surface area (Å²) in [5.74, 6) is -0.235. The van der Waals surface area contributed by atoms with Crippen LogP contribution < -0.4 is 10.6 Å². The van der Waals surface area contributed by atoms with Gasteiger partial charge in [-0.3, -0.25) is 9.59 Å². The second-order valence-electron chi connectivity index (χ2n) is 8.10. The van der Waals surface area contributed by atoms with Gasteiger partial charge in [-0.25, -0.2) is 0 Å². The Morgan fingerprint density at radius 3 is 2.39 bits per heavy atom. The number of nitrogens with one attached hydrogen (secondary N) is 2. The first-order valence-corrected chi connectivity index (χ1v) is 10.4. The molecule has 2 N–H and O–H groups in total. The van der Waals surface area contributed by atoms with Gasteiger partial charge in [-0.1, -0.05) is 75.1 Å². The fourth-order valence-electron chi connectivity index (χ4n) is 3.44. The monoisotopic (exact) mass is 382 g/mol. The molecule has 0 saturated heterocycles. The van der Waals surface area contributed by atoms with E-state index in [0.29, 0.717) is 6.42 Å². The molecule has 2 rings (SSSR count). The number of rotatable bonds is 10. The van der Waals surface area contributed by atoms with Crippen molar-refractivity contribution in [2.24, 2.45) is 0 Å². The molecule has 0 unspecified atom stereocenters. The molecule has 2 aromatic rings. The molecule has 0 spiro atoms. The Morgan fingerprint density at radius 2 is 1.64 bits per heavy atom. The molecule has 0 radical (unpaired) electrons. The van der Waals surface area contributed by atoms with Crippen molar-refractivity contribution in [3.8, 4) is 0 Å². The van der Waals surface area contributed by atoms with Crippen LogP contribution in [0.5, 0.6) is 0 Å². The summed E-state index contributed by atoms with van der Waals surface area (Å²) in [6, 6.07) is 14.1. The highest BCUT2D eigenvalue weighted by atomic mass is 16.2. The quantitative estimate of drug-likeness (QED) is 0.550. The summed E-state index contributed by atoms with van der Waals surface area (Å²) in [5, 5.41) is 8.24. The number of hydrogen-bond acceptors (Lipinski definition) is 2. The molecule has 0 aliphatic heterocycles. The summed E-state index contributed by atoms with van der Waals surface area (Å²) in [4.78, 5) is 25.0. The molecule has 4 nitrogen and oxygen atoms in total. The maximum absolute atomic E-state index is 12.8. The van der Waals surface area contributed by atoms with E-state index in [-0.39, 0.29) is 17.9 Å². The zero-order chi connectivity index (χ0) is 20.6. The van der Waals surface area contributed by atoms with E-state index in [2.05, 4.69) is 35.8 Å². The van der Waals surface area contributed by atoms with Crippen LogP contribution in [0.25, 0.3) is 10.8 Å². The predicted octanol–water partition coefficient (Wildman–Crippen LogP) is 5.27. The first kappa shape index (κ1) is 21.9. The Hall–Kier alpha value is -2.36. The Labute approximate surface area is 169 Å². The second-order valence-corrected chi connectivity index (χ2v) is 8.10. The molecular formula is C24H34N2O2. The minimum absolute atomic E-state index is 0.0607. The van der Waals surface area contributed by atoms with Crippen LogP contribution in [0.1, 0.15) is 77.8 Å². The normalized spacial score (nSPS) is 12.6. The minimum Gasteiger partial charge on any atom is -0.348 e. The van der Waals surface area contributed by atoms with Crippen LogP contribution in [0.2, 0.25) is 0 Å². The van der Waals surface area contributed by atoms with Gasteiger partial charge in [0.1, 0.15) is 5.54 Å². The molecule has 0 fully saturated rings. The third kappa shape index (κ3) is 6.08. The van der Waals surface area contributed by atoms with Crippen LogP contribution in [0.15, 0.2) is 42.5 Å². The summed E-state index contributed by atoms with van der Waals surface area (Å²) < 4.78 is 0. The first-order chi connectivity index (χ1) is 13.3. The lowest BCUT2D eigenvalue weighted by Crippen LogP contribution is -2.55. The van der Waals surface area contributed by atoms with Crippen LogP contribution in [-0.4, -0.2) is 17.4 Å². The van der Waals surface area contributed by atoms with Gasteiger partial charge in [-0.15, -0.1) is 0 Å². The molecule has 2 aromatic carbocycles. The van der Waals surface area contributed by atoms with Gasteiger partial charge in [0, 0.05) is 6.42 Å². The smallest absolute Gasteiger partial charge is 0.245 e. The Morgan fingerprint density at radius 1 is 0.964 bits per heavy atom. The molecule has 0 aliphatic rings. The van der Waals surface area contributed by atoms with E-state index >= 15 is 0 Å². The molecular weight excluding hydrogens is 348 g/mol. The van der Waals surface area contributed by atoms with Crippen molar-refractivity contribution < 1.29 is 9.59 Å². The lowest BCUT2D eigenvalue weighted by molar-refractivity contribution is -0.132. The highest BCUT2D eigenvalue weighted by Gasteiger charge is 2.30. The first-order valence-electron chi connectivity index (χ1n) is 10.4. The van der Waals surface area contributed by atoms with E-state index in [4.69, 9.17) is 0 Å². The lowest BCUT2D eigenvalue weighted by atomic mass is 9.98. The van der Waals surface area contributed by atoms with E-state index < -0.39 is 5.54 Å². The molecule has 2 amide bonds. The number of amides is 2. The highest BCUT2D eigenvalue weighted by molar-refractivity contribution is 5.92. The SMILES string of the molecule is CCCCCCCC(=O)NC(C)(C)C(=O)N[C@@H](C)c1cccc2ccccc12. The van der Waals surface area contributed by atoms with E-state index in [0.717, 1.165) is 35.6 Å². The molecule has 1 atom stereocenters. The van der Waals surface area contributed by atoms with Crippen molar-refractivity contribution in [2.45, 2.75) is 77.8 Å². The maximum atomic E-state index is 12.8. The zero-order valence-electron chi connectivity index (χ0n) is 17.7. The van der Waals surface area contributed by atoms with Gasteiger partial charge in [0.05, 0.1) is 6.04 Å². The third-order valence-corrected chi connectivity index (χ3v) is 5.16. The van der Waals surface area contributed by atoms with Gasteiger partial charge < -0.3 is 10.6 Å². The van der Waals surface area contributed by atoms with E-state index in [1.54, 1.807) is 13.8 Å². The number of unbranched alkanes of at least 4 members (excludes halogenated alkanes) is 4. The summed E-state index contributed by atoms with van der Waals surface area (Å²) in [6.45, 7) is 7.67. The predicted molar refractivity (Wildman–Crippen MR) is 116 cm³/mol. The van der Waals surface area contributed by atoms with Crippen molar-refractivity contribution in [1.29, 1.82) is 0 Å². The van der Waals surface area contributed by atoms with Gasteiger partial charge in [0.25, 0.3) is 0 Å². The number of carbonyl (C=O) groups excluding carboxylic acids is 2. The molecule has 28 heavy (non-hydrogen) atoms. The van der Waals surface area contributed by atoms with Crippen molar-refractivity contribution in [3.63, 3.8) is 0 Å². The summed E-state index contributed by atoms with van der Waals surface area (Å²) in [6.07, 6.45) is 5.97. The van der Waals surface area contributed by atoms with Crippen LogP contribution in [0, 0.1) is 0 Å². The third-order valence-electron chi connectivity index (χ3n) is 5.16. The van der Waals surface area contributed by atoms with E-state index in [9.17, 15) is 9.59 Å². The zero-order valence-corrected chi connectivity index (χ0v) is 17.7. The number of carbonyl (C=O) groups is 2. The molecule has 0 aromatic heterocycles. The minimum atomic E-state index is -0.945.